The van der Waals surface area contributed by atoms with Gasteiger partial charge in [0, 0.05) is 6.61 Å². The SMILES string of the molecule is CCO[SiH2][CH2][AlH2]. The van der Waals surface area contributed by atoms with Crippen LogP contribution in [0, 0.1) is 0 Å². The summed E-state index contributed by atoms with van der Waals surface area (Å²) in [4.78, 5) is 1.41. The average molecular weight is 118 g/mol. The van der Waals surface area contributed by atoms with Gasteiger partial charge < -0.3 is 4.43 Å². The molecule has 3 heteroatoms. The van der Waals surface area contributed by atoms with Gasteiger partial charge in [-0.15, -0.1) is 0 Å². The van der Waals surface area contributed by atoms with E-state index in [4.69, 9.17) is 4.43 Å². The van der Waals surface area contributed by atoms with Gasteiger partial charge in [-0.05, 0) is 6.92 Å². The Morgan fingerprint density at radius 2 is 2.50 bits per heavy atom. The van der Waals surface area contributed by atoms with Gasteiger partial charge in [0.15, 0.2) is 0 Å². The van der Waals surface area contributed by atoms with Gasteiger partial charge in [-0.2, -0.15) is 0 Å². The minimum Gasteiger partial charge on any atom is -0.425 e. The summed E-state index contributed by atoms with van der Waals surface area (Å²) in [5.74, 6) is 0. The smallest absolute Gasteiger partial charge is 0.211 e. The molecule has 0 unspecified atom stereocenters. The predicted octanol–water partition coefficient (Wildman–Crippen LogP) is -0.884. The Morgan fingerprint density at radius 3 is 2.67 bits per heavy atom. The van der Waals surface area contributed by atoms with Crippen LogP contribution in [0.4, 0.5) is 0 Å². The first kappa shape index (κ1) is 6.71. The van der Waals surface area contributed by atoms with Gasteiger partial charge in [0.1, 0.15) is 9.76 Å². The second-order valence-electron chi connectivity index (χ2n) is 1.20. The molecule has 6 heavy (non-hydrogen) atoms. The minimum absolute atomic E-state index is 0.0166. The van der Waals surface area contributed by atoms with Crippen LogP contribution in [-0.2, 0) is 4.43 Å². The highest BCUT2D eigenvalue weighted by Gasteiger charge is 1.75. The van der Waals surface area contributed by atoms with Crippen molar-refractivity contribution in [1.82, 2.24) is 0 Å². The van der Waals surface area contributed by atoms with Crippen LogP contribution >= 0.6 is 0 Å². The Hall–Kier alpha value is 0.709. The molecule has 1 nitrogen and oxygen atoms in total. The highest BCUT2D eigenvalue weighted by atomic mass is 28.2. The number of hydrogen-bond donors (Lipinski definition) is 0. The van der Waals surface area contributed by atoms with Crippen molar-refractivity contribution in [3.05, 3.63) is 0 Å². The molecule has 0 radical (unpaired) electrons. The Labute approximate surface area is 49.4 Å². The van der Waals surface area contributed by atoms with Gasteiger partial charge >= 0.3 is 0 Å². The summed E-state index contributed by atoms with van der Waals surface area (Å²) in [6.07, 6.45) is 0. The zero-order valence-electron chi connectivity index (χ0n) is 4.53. The summed E-state index contributed by atoms with van der Waals surface area (Å²) in [5.41, 5.74) is 0. The third kappa shape index (κ3) is 4.71. The standard InChI is InChI=1S/C3H9OSi.Al.2H/c1-3-4-5-2;;;/h2-3,5H2,1H3;;;. The van der Waals surface area contributed by atoms with Crippen molar-refractivity contribution in [2.75, 3.05) is 6.61 Å². The Balaban J connectivity index is 2.34. The third-order valence-corrected chi connectivity index (χ3v) is 2.88. The lowest BCUT2D eigenvalue weighted by Gasteiger charge is -1.90. The fraction of sp³-hybridized carbons (Fsp3) is 1.00. The van der Waals surface area contributed by atoms with Crippen LogP contribution in [0.5, 0.6) is 0 Å². The molecule has 0 amide bonds. The summed E-state index contributed by atoms with van der Waals surface area (Å²) >= 11 is 1.34. The molecule has 0 rings (SSSR count). The molecule has 0 aliphatic rings. The maximum absolute atomic E-state index is 5.16. The fourth-order valence-corrected chi connectivity index (χ4v) is 1.73. The summed E-state index contributed by atoms with van der Waals surface area (Å²) in [6.45, 7) is 3.00. The lowest BCUT2D eigenvalue weighted by Crippen LogP contribution is -1.95. The second kappa shape index (κ2) is 5.71. The first-order valence-electron chi connectivity index (χ1n) is 2.49. The summed E-state index contributed by atoms with van der Waals surface area (Å²) in [7, 11) is -0.0166. The summed E-state index contributed by atoms with van der Waals surface area (Å²) in [6, 6.07) is 0. The second-order valence-corrected chi connectivity index (χ2v) is 6.01. The molecule has 0 aliphatic heterocycles. The Bertz CT molecular complexity index is 22.8. The molecule has 0 heterocycles. The van der Waals surface area contributed by atoms with Crippen molar-refractivity contribution in [3.63, 3.8) is 0 Å². The van der Waals surface area contributed by atoms with Gasteiger partial charge in [0.05, 0.1) is 0 Å². The molecular formula is C3H11AlOSi. The molecule has 0 saturated heterocycles. The molecule has 0 fully saturated rings. The van der Waals surface area contributed by atoms with Crippen molar-refractivity contribution in [2.24, 2.45) is 0 Å². The summed E-state index contributed by atoms with van der Waals surface area (Å²) in [5, 5.41) is 0. The van der Waals surface area contributed by atoms with E-state index in [9.17, 15) is 0 Å². The van der Waals surface area contributed by atoms with Gasteiger partial charge in [0.2, 0.25) is 16.3 Å². The predicted molar refractivity (Wildman–Crippen MR) is 33.5 cm³/mol. The topological polar surface area (TPSA) is 9.23 Å². The Morgan fingerprint density at radius 1 is 1.83 bits per heavy atom. The maximum atomic E-state index is 5.16. The summed E-state index contributed by atoms with van der Waals surface area (Å²) < 4.78 is 5.16. The van der Waals surface area contributed by atoms with Crippen LogP contribution in [0.2, 0.25) is 4.91 Å². The minimum atomic E-state index is -0.0166. The molecular weight excluding hydrogens is 107 g/mol. The van der Waals surface area contributed by atoms with E-state index >= 15 is 0 Å². The van der Waals surface area contributed by atoms with E-state index < -0.39 is 0 Å². The van der Waals surface area contributed by atoms with E-state index in [0.29, 0.717) is 0 Å². The first-order valence-corrected chi connectivity index (χ1v) is 5.48. The van der Waals surface area contributed by atoms with E-state index in [0.717, 1.165) is 6.61 Å². The molecule has 0 atom stereocenters. The van der Waals surface area contributed by atoms with E-state index in [1.807, 2.05) is 0 Å². The highest BCUT2D eigenvalue weighted by Crippen LogP contribution is 1.69. The number of hydrogen-bond acceptors (Lipinski definition) is 1. The molecule has 0 aliphatic carbocycles. The van der Waals surface area contributed by atoms with E-state index in [2.05, 4.69) is 6.92 Å². The molecule has 36 valence electrons. The first-order chi connectivity index (χ1) is 2.91. The van der Waals surface area contributed by atoms with Crippen LogP contribution in [0.3, 0.4) is 0 Å². The van der Waals surface area contributed by atoms with Crippen molar-refractivity contribution in [1.29, 1.82) is 0 Å². The molecule has 0 saturated carbocycles. The molecule has 0 aromatic heterocycles. The normalized spacial score (nSPS) is 10.8. The fourth-order valence-electron chi connectivity index (χ4n) is 0.289. The lowest BCUT2D eigenvalue weighted by molar-refractivity contribution is 0.363. The van der Waals surface area contributed by atoms with Crippen molar-refractivity contribution >= 4 is 26.1 Å². The zero-order valence-corrected chi connectivity index (χ0v) is 7.94. The van der Waals surface area contributed by atoms with E-state index in [1.54, 1.807) is 0 Å². The maximum Gasteiger partial charge on any atom is 0.211 e. The monoisotopic (exact) mass is 118 g/mol. The quantitative estimate of drug-likeness (QED) is 0.345. The zero-order chi connectivity index (χ0) is 4.83. The van der Waals surface area contributed by atoms with Crippen LogP contribution in [-0.4, -0.2) is 32.7 Å². The van der Waals surface area contributed by atoms with Crippen molar-refractivity contribution < 1.29 is 4.43 Å². The third-order valence-electron chi connectivity index (χ3n) is 0.553. The van der Waals surface area contributed by atoms with Gasteiger partial charge in [-0.25, -0.2) is 0 Å². The van der Waals surface area contributed by atoms with Gasteiger partial charge in [-0.1, -0.05) is 4.91 Å². The van der Waals surface area contributed by atoms with Crippen LogP contribution in [0.15, 0.2) is 0 Å². The highest BCUT2D eigenvalue weighted by molar-refractivity contribution is 6.41. The van der Waals surface area contributed by atoms with Crippen LogP contribution in [0.1, 0.15) is 6.92 Å². The molecule has 0 aromatic rings. The number of rotatable bonds is 3. The molecule has 0 spiro atoms. The van der Waals surface area contributed by atoms with Crippen LogP contribution < -0.4 is 0 Å². The largest absolute Gasteiger partial charge is 0.425 e. The van der Waals surface area contributed by atoms with E-state index in [1.165, 1.54) is 21.2 Å². The van der Waals surface area contributed by atoms with Gasteiger partial charge in [0.25, 0.3) is 0 Å². The van der Waals surface area contributed by atoms with E-state index in [-0.39, 0.29) is 9.76 Å². The Kier molecular flexibility index (Phi) is 6.38. The van der Waals surface area contributed by atoms with Crippen molar-refractivity contribution in [2.45, 2.75) is 11.8 Å². The van der Waals surface area contributed by atoms with Crippen molar-refractivity contribution in [3.8, 4) is 0 Å². The van der Waals surface area contributed by atoms with Gasteiger partial charge in [-0.3, -0.25) is 0 Å². The lowest BCUT2D eigenvalue weighted by atomic mass is 10.9. The molecule has 0 aromatic carbocycles. The van der Waals surface area contributed by atoms with Crippen LogP contribution in [0.25, 0.3) is 0 Å². The average Bonchev–Trinajstić information content (AvgIpc) is 1.61. The molecule has 0 N–H and O–H groups in total. The molecule has 0 bridgehead atoms.